The molecule has 0 aliphatic carbocycles. The SMILES string of the molecule is Cc1ccc(CCC(=O)NCCCn2cc(Cl)ccc2=O)cc1. The van der Waals surface area contributed by atoms with Gasteiger partial charge in [0, 0.05) is 31.8 Å². The van der Waals surface area contributed by atoms with Gasteiger partial charge in [-0.25, -0.2) is 0 Å². The van der Waals surface area contributed by atoms with Crippen LogP contribution >= 0.6 is 11.6 Å². The first-order chi connectivity index (χ1) is 11.0. The number of rotatable bonds is 7. The highest BCUT2D eigenvalue weighted by atomic mass is 35.5. The number of nitrogens with zero attached hydrogens (tertiary/aromatic N) is 1. The predicted octanol–water partition coefficient (Wildman–Crippen LogP) is 2.95. The Morgan fingerprint density at radius 1 is 1.17 bits per heavy atom. The van der Waals surface area contributed by atoms with Crippen LogP contribution in [0.5, 0.6) is 0 Å². The van der Waals surface area contributed by atoms with E-state index in [1.165, 1.54) is 11.6 Å². The van der Waals surface area contributed by atoms with Crippen LogP contribution in [-0.2, 0) is 17.8 Å². The zero-order chi connectivity index (χ0) is 16.7. The van der Waals surface area contributed by atoms with E-state index in [0.717, 1.165) is 12.0 Å². The van der Waals surface area contributed by atoms with Crippen LogP contribution in [0.3, 0.4) is 0 Å². The van der Waals surface area contributed by atoms with Gasteiger partial charge in [0.2, 0.25) is 5.91 Å². The number of halogens is 1. The van der Waals surface area contributed by atoms with E-state index in [0.29, 0.717) is 31.0 Å². The van der Waals surface area contributed by atoms with Gasteiger partial charge in [-0.1, -0.05) is 41.4 Å². The molecule has 4 nitrogen and oxygen atoms in total. The molecule has 0 saturated carbocycles. The number of carbonyl (C=O) groups excluding carboxylic acids is 1. The van der Waals surface area contributed by atoms with Crippen LogP contribution in [0.2, 0.25) is 5.02 Å². The van der Waals surface area contributed by atoms with E-state index in [2.05, 4.69) is 17.4 Å². The van der Waals surface area contributed by atoms with E-state index in [1.807, 2.05) is 19.1 Å². The second kappa shape index (κ2) is 8.53. The summed E-state index contributed by atoms with van der Waals surface area (Å²) in [4.78, 5) is 23.4. The molecule has 0 aliphatic rings. The first-order valence-electron chi connectivity index (χ1n) is 7.73. The van der Waals surface area contributed by atoms with Crippen molar-refractivity contribution < 1.29 is 4.79 Å². The van der Waals surface area contributed by atoms with Gasteiger partial charge in [-0.05, 0) is 31.4 Å². The number of carbonyl (C=O) groups is 1. The molecule has 1 aromatic carbocycles. The molecule has 1 heterocycles. The lowest BCUT2D eigenvalue weighted by atomic mass is 10.1. The van der Waals surface area contributed by atoms with Crippen molar-refractivity contribution in [2.24, 2.45) is 0 Å². The fraction of sp³-hybridized carbons (Fsp3) is 0.333. The van der Waals surface area contributed by atoms with Crippen LogP contribution in [0.1, 0.15) is 24.0 Å². The molecular formula is C18H21ClN2O2. The maximum absolute atomic E-state index is 11.8. The monoisotopic (exact) mass is 332 g/mol. The highest BCUT2D eigenvalue weighted by Crippen LogP contribution is 2.06. The van der Waals surface area contributed by atoms with Crippen molar-refractivity contribution in [1.29, 1.82) is 0 Å². The summed E-state index contributed by atoms with van der Waals surface area (Å²) in [5.41, 5.74) is 2.30. The van der Waals surface area contributed by atoms with Gasteiger partial charge >= 0.3 is 0 Å². The first-order valence-corrected chi connectivity index (χ1v) is 8.10. The molecule has 0 radical (unpaired) electrons. The zero-order valence-corrected chi connectivity index (χ0v) is 14.0. The molecule has 0 saturated heterocycles. The summed E-state index contributed by atoms with van der Waals surface area (Å²) in [5, 5.41) is 3.42. The van der Waals surface area contributed by atoms with Crippen molar-refractivity contribution in [2.75, 3.05) is 6.54 Å². The highest BCUT2D eigenvalue weighted by molar-refractivity contribution is 6.30. The molecule has 1 amide bonds. The summed E-state index contributed by atoms with van der Waals surface area (Å²) < 4.78 is 1.56. The Kier molecular flexibility index (Phi) is 6.41. The third-order valence-electron chi connectivity index (χ3n) is 3.61. The van der Waals surface area contributed by atoms with E-state index in [1.54, 1.807) is 16.8 Å². The van der Waals surface area contributed by atoms with Crippen LogP contribution in [0.4, 0.5) is 0 Å². The lowest BCUT2D eigenvalue weighted by Crippen LogP contribution is -2.27. The number of aryl methyl sites for hydroxylation is 3. The zero-order valence-electron chi connectivity index (χ0n) is 13.2. The van der Waals surface area contributed by atoms with Crippen LogP contribution in [0.15, 0.2) is 47.4 Å². The summed E-state index contributed by atoms with van der Waals surface area (Å²) >= 11 is 5.86. The van der Waals surface area contributed by atoms with Gasteiger partial charge in [-0.3, -0.25) is 9.59 Å². The second-order valence-corrected chi connectivity index (χ2v) is 6.00. The van der Waals surface area contributed by atoms with Crippen LogP contribution in [0.25, 0.3) is 0 Å². The first kappa shape index (κ1) is 17.3. The standard InChI is InChI=1S/C18H21ClN2O2/c1-14-3-5-15(6-4-14)7-9-17(22)20-11-2-12-21-13-16(19)8-10-18(21)23/h3-6,8,10,13H,2,7,9,11-12H2,1H3,(H,20,22). The Balaban J connectivity index is 1.67. The Labute approximate surface area is 141 Å². The van der Waals surface area contributed by atoms with E-state index < -0.39 is 0 Å². The lowest BCUT2D eigenvalue weighted by molar-refractivity contribution is -0.121. The van der Waals surface area contributed by atoms with Crippen LogP contribution in [-0.4, -0.2) is 17.0 Å². The number of benzene rings is 1. The molecule has 1 N–H and O–H groups in total. The number of amides is 1. The largest absolute Gasteiger partial charge is 0.356 e. The summed E-state index contributed by atoms with van der Waals surface area (Å²) in [7, 11) is 0. The molecule has 5 heteroatoms. The van der Waals surface area contributed by atoms with E-state index in [4.69, 9.17) is 11.6 Å². The van der Waals surface area contributed by atoms with Gasteiger partial charge in [0.05, 0.1) is 5.02 Å². The molecular weight excluding hydrogens is 312 g/mol. The minimum absolute atomic E-state index is 0.0315. The van der Waals surface area contributed by atoms with E-state index >= 15 is 0 Å². The maximum atomic E-state index is 11.8. The molecule has 2 aromatic rings. The number of hydrogen-bond acceptors (Lipinski definition) is 2. The molecule has 0 fully saturated rings. The highest BCUT2D eigenvalue weighted by Gasteiger charge is 2.02. The van der Waals surface area contributed by atoms with Crippen molar-refractivity contribution in [1.82, 2.24) is 9.88 Å². The maximum Gasteiger partial charge on any atom is 0.250 e. The fourth-order valence-corrected chi connectivity index (χ4v) is 2.44. The van der Waals surface area contributed by atoms with Crippen LogP contribution in [0, 0.1) is 6.92 Å². The smallest absolute Gasteiger partial charge is 0.250 e. The summed E-state index contributed by atoms with van der Waals surface area (Å²) in [6.07, 6.45) is 3.51. The van der Waals surface area contributed by atoms with Crippen molar-refractivity contribution in [2.45, 2.75) is 32.7 Å². The Bertz CT molecular complexity index is 708. The van der Waals surface area contributed by atoms with Gasteiger partial charge in [-0.2, -0.15) is 0 Å². The number of hydrogen-bond donors (Lipinski definition) is 1. The summed E-state index contributed by atoms with van der Waals surface area (Å²) in [6.45, 7) is 3.13. The molecule has 1 aromatic heterocycles. The summed E-state index contributed by atoms with van der Waals surface area (Å²) in [5.74, 6) is 0.0315. The molecule has 0 aliphatic heterocycles. The Hall–Kier alpha value is -2.07. The molecule has 0 unspecified atom stereocenters. The van der Waals surface area contributed by atoms with Crippen molar-refractivity contribution >= 4 is 17.5 Å². The third-order valence-corrected chi connectivity index (χ3v) is 3.83. The topological polar surface area (TPSA) is 51.1 Å². The molecule has 2 rings (SSSR count). The molecule has 122 valence electrons. The number of pyridine rings is 1. The average Bonchev–Trinajstić information content (AvgIpc) is 2.54. The average molecular weight is 333 g/mol. The molecule has 0 atom stereocenters. The minimum atomic E-state index is -0.0832. The molecule has 0 spiro atoms. The molecule has 23 heavy (non-hydrogen) atoms. The van der Waals surface area contributed by atoms with Crippen LogP contribution < -0.4 is 10.9 Å². The van der Waals surface area contributed by atoms with Gasteiger partial charge in [0.25, 0.3) is 5.56 Å². The minimum Gasteiger partial charge on any atom is -0.356 e. The third kappa shape index (κ3) is 5.91. The second-order valence-electron chi connectivity index (χ2n) is 5.57. The Morgan fingerprint density at radius 3 is 2.65 bits per heavy atom. The van der Waals surface area contributed by atoms with E-state index in [9.17, 15) is 9.59 Å². The fourth-order valence-electron chi connectivity index (χ4n) is 2.26. The van der Waals surface area contributed by atoms with Crippen molar-refractivity contribution in [3.63, 3.8) is 0 Å². The Morgan fingerprint density at radius 2 is 1.91 bits per heavy atom. The number of aromatic nitrogens is 1. The van der Waals surface area contributed by atoms with E-state index in [-0.39, 0.29) is 11.5 Å². The van der Waals surface area contributed by atoms with Gasteiger partial charge < -0.3 is 9.88 Å². The predicted molar refractivity (Wildman–Crippen MR) is 92.8 cm³/mol. The summed E-state index contributed by atoms with van der Waals surface area (Å²) in [6, 6.07) is 11.2. The number of nitrogens with one attached hydrogen (secondary N) is 1. The van der Waals surface area contributed by atoms with Crippen molar-refractivity contribution in [3.05, 3.63) is 69.1 Å². The quantitative estimate of drug-likeness (QED) is 0.792. The van der Waals surface area contributed by atoms with Gasteiger partial charge in [-0.15, -0.1) is 0 Å². The molecule has 0 bridgehead atoms. The van der Waals surface area contributed by atoms with Gasteiger partial charge in [0.15, 0.2) is 0 Å². The normalized spacial score (nSPS) is 10.5. The van der Waals surface area contributed by atoms with Gasteiger partial charge in [0.1, 0.15) is 0 Å². The lowest BCUT2D eigenvalue weighted by Gasteiger charge is -2.08. The van der Waals surface area contributed by atoms with Crippen molar-refractivity contribution in [3.8, 4) is 0 Å².